The van der Waals surface area contributed by atoms with E-state index in [2.05, 4.69) is 10.6 Å². The fraction of sp³-hybridized carbons (Fsp3) is 0.200. The second-order valence-electron chi connectivity index (χ2n) is 6.29. The largest absolute Gasteiger partial charge is 0.451 e. The van der Waals surface area contributed by atoms with E-state index in [0.717, 1.165) is 5.39 Å². The molecule has 25 heavy (non-hydrogen) atoms. The summed E-state index contributed by atoms with van der Waals surface area (Å²) < 4.78 is 5.55. The first-order valence-corrected chi connectivity index (χ1v) is 8.21. The third-order valence-corrected chi connectivity index (χ3v) is 3.70. The molecule has 0 spiro atoms. The Morgan fingerprint density at radius 2 is 1.80 bits per heavy atom. The number of benzene rings is 2. The van der Waals surface area contributed by atoms with Gasteiger partial charge in [-0.1, -0.05) is 38.1 Å². The van der Waals surface area contributed by atoms with Crippen LogP contribution in [0.3, 0.4) is 0 Å². The lowest BCUT2D eigenvalue weighted by Gasteiger charge is -2.09. The Labute approximate surface area is 146 Å². The molecule has 0 aliphatic heterocycles. The first-order chi connectivity index (χ1) is 12.0. The molecule has 0 unspecified atom stereocenters. The highest BCUT2D eigenvalue weighted by Gasteiger charge is 2.13. The minimum Gasteiger partial charge on any atom is -0.451 e. The van der Waals surface area contributed by atoms with E-state index in [-0.39, 0.29) is 17.6 Å². The van der Waals surface area contributed by atoms with Crippen LogP contribution in [0.4, 0.5) is 5.69 Å². The van der Waals surface area contributed by atoms with Gasteiger partial charge >= 0.3 is 0 Å². The maximum atomic E-state index is 12.4. The molecule has 0 atom stereocenters. The summed E-state index contributed by atoms with van der Waals surface area (Å²) >= 11 is 0. The Balaban J connectivity index is 1.73. The summed E-state index contributed by atoms with van der Waals surface area (Å²) in [6.45, 7) is 4.67. The summed E-state index contributed by atoms with van der Waals surface area (Å²) in [7, 11) is 0. The van der Waals surface area contributed by atoms with Gasteiger partial charge in [-0.25, -0.2) is 0 Å². The van der Waals surface area contributed by atoms with Gasteiger partial charge in [-0.15, -0.1) is 0 Å². The highest BCUT2D eigenvalue weighted by molar-refractivity contribution is 6.05. The molecule has 0 aliphatic rings. The van der Waals surface area contributed by atoms with E-state index in [1.54, 1.807) is 30.3 Å². The van der Waals surface area contributed by atoms with Gasteiger partial charge in [0, 0.05) is 23.2 Å². The number of hydrogen-bond donors (Lipinski definition) is 2. The number of para-hydroxylation sites is 1. The molecule has 1 heterocycles. The second kappa shape index (κ2) is 7.21. The van der Waals surface area contributed by atoms with Crippen molar-refractivity contribution in [3.63, 3.8) is 0 Å². The number of furan rings is 1. The highest BCUT2D eigenvalue weighted by Crippen LogP contribution is 2.20. The number of amides is 2. The fourth-order valence-corrected chi connectivity index (χ4v) is 2.42. The first kappa shape index (κ1) is 16.8. The molecule has 5 nitrogen and oxygen atoms in total. The summed E-state index contributed by atoms with van der Waals surface area (Å²) in [6.07, 6.45) is 0. The molecule has 1 aromatic heterocycles. The van der Waals surface area contributed by atoms with E-state index in [9.17, 15) is 9.59 Å². The summed E-state index contributed by atoms with van der Waals surface area (Å²) in [5.74, 6) is 0.0975. The predicted octanol–water partition coefficient (Wildman–Crippen LogP) is 4.07. The summed E-state index contributed by atoms with van der Waals surface area (Å²) in [6, 6.07) is 16.0. The predicted molar refractivity (Wildman–Crippen MR) is 97.8 cm³/mol. The SMILES string of the molecule is CC(C)CNC(=O)c1cccc(NC(=O)c2cc3ccccc3o2)c1. The van der Waals surface area contributed by atoms with Gasteiger partial charge in [0.15, 0.2) is 5.76 Å². The molecule has 0 fully saturated rings. The molecule has 0 radical (unpaired) electrons. The van der Waals surface area contributed by atoms with E-state index in [4.69, 9.17) is 4.42 Å². The van der Waals surface area contributed by atoms with Crippen LogP contribution in [0.2, 0.25) is 0 Å². The Morgan fingerprint density at radius 1 is 1.00 bits per heavy atom. The zero-order valence-corrected chi connectivity index (χ0v) is 14.2. The van der Waals surface area contributed by atoms with Crippen LogP contribution in [0, 0.1) is 5.92 Å². The number of carbonyl (C=O) groups is 2. The molecule has 2 aromatic carbocycles. The van der Waals surface area contributed by atoms with Crippen LogP contribution in [-0.4, -0.2) is 18.4 Å². The van der Waals surface area contributed by atoms with Gasteiger partial charge in [-0.05, 0) is 36.2 Å². The zero-order chi connectivity index (χ0) is 17.8. The molecule has 0 aliphatic carbocycles. The minimum atomic E-state index is -0.351. The maximum Gasteiger partial charge on any atom is 0.291 e. The van der Waals surface area contributed by atoms with Gasteiger partial charge in [0.1, 0.15) is 5.58 Å². The quantitative estimate of drug-likeness (QED) is 0.738. The lowest BCUT2D eigenvalue weighted by Crippen LogP contribution is -2.27. The van der Waals surface area contributed by atoms with Gasteiger partial charge in [0.25, 0.3) is 11.8 Å². The second-order valence-corrected chi connectivity index (χ2v) is 6.29. The third-order valence-electron chi connectivity index (χ3n) is 3.70. The number of rotatable bonds is 5. The van der Waals surface area contributed by atoms with Gasteiger partial charge < -0.3 is 15.1 Å². The van der Waals surface area contributed by atoms with Crippen LogP contribution in [-0.2, 0) is 0 Å². The van der Waals surface area contributed by atoms with Gasteiger partial charge in [0.2, 0.25) is 0 Å². The van der Waals surface area contributed by atoms with Crippen LogP contribution in [0.15, 0.2) is 59.0 Å². The molecule has 0 bridgehead atoms. The van der Waals surface area contributed by atoms with E-state index in [1.807, 2.05) is 38.1 Å². The maximum absolute atomic E-state index is 12.4. The molecular formula is C20H20N2O3. The third kappa shape index (κ3) is 4.07. The molecule has 5 heteroatoms. The van der Waals surface area contributed by atoms with Crippen LogP contribution < -0.4 is 10.6 Å². The topological polar surface area (TPSA) is 71.3 Å². The number of nitrogens with one attached hydrogen (secondary N) is 2. The van der Waals surface area contributed by atoms with Gasteiger partial charge in [0.05, 0.1) is 0 Å². The van der Waals surface area contributed by atoms with E-state index < -0.39 is 0 Å². The van der Waals surface area contributed by atoms with Crippen LogP contribution >= 0.6 is 0 Å². The van der Waals surface area contributed by atoms with Crippen molar-refractivity contribution < 1.29 is 14.0 Å². The fourth-order valence-electron chi connectivity index (χ4n) is 2.42. The van der Waals surface area contributed by atoms with Crippen LogP contribution in [0.5, 0.6) is 0 Å². The normalized spacial score (nSPS) is 10.8. The molecule has 0 saturated carbocycles. The number of anilines is 1. The van der Waals surface area contributed by atoms with E-state index in [0.29, 0.717) is 29.3 Å². The van der Waals surface area contributed by atoms with Crippen LogP contribution in [0.25, 0.3) is 11.0 Å². The first-order valence-electron chi connectivity index (χ1n) is 8.21. The van der Waals surface area contributed by atoms with Crippen molar-refractivity contribution >= 4 is 28.5 Å². The van der Waals surface area contributed by atoms with E-state index >= 15 is 0 Å². The molecule has 2 amide bonds. The average Bonchev–Trinajstić information content (AvgIpc) is 3.04. The van der Waals surface area contributed by atoms with Gasteiger partial charge in [-0.2, -0.15) is 0 Å². The van der Waals surface area contributed by atoms with Crippen molar-refractivity contribution in [3.8, 4) is 0 Å². The summed E-state index contributed by atoms with van der Waals surface area (Å²) in [5.41, 5.74) is 1.71. The van der Waals surface area contributed by atoms with Crippen molar-refractivity contribution in [3.05, 3.63) is 65.9 Å². The minimum absolute atomic E-state index is 0.159. The smallest absolute Gasteiger partial charge is 0.291 e. The van der Waals surface area contributed by atoms with Crippen molar-refractivity contribution in [2.24, 2.45) is 5.92 Å². The number of hydrogen-bond acceptors (Lipinski definition) is 3. The molecule has 3 aromatic rings. The Kier molecular flexibility index (Phi) is 4.84. The summed E-state index contributed by atoms with van der Waals surface area (Å²) in [5, 5.41) is 6.49. The van der Waals surface area contributed by atoms with Crippen LogP contribution in [0.1, 0.15) is 34.8 Å². The van der Waals surface area contributed by atoms with Crippen molar-refractivity contribution in [2.75, 3.05) is 11.9 Å². The number of carbonyl (C=O) groups excluding carboxylic acids is 2. The van der Waals surface area contributed by atoms with Crippen molar-refractivity contribution in [1.82, 2.24) is 5.32 Å². The Bertz CT molecular complexity index is 879. The molecule has 0 saturated heterocycles. The van der Waals surface area contributed by atoms with E-state index in [1.165, 1.54) is 0 Å². The molecular weight excluding hydrogens is 316 g/mol. The standard InChI is InChI=1S/C20H20N2O3/c1-13(2)12-21-19(23)15-7-5-8-16(10-15)22-20(24)18-11-14-6-3-4-9-17(14)25-18/h3-11,13H,12H2,1-2H3,(H,21,23)(H,22,24). The molecule has 128 valence electrons. The van der Waals surface area contributed by atoms with Crippen molar-refractivity contribution in [1.29, 1.82) is 0 Å². The Hall–Kier alpha value is -3.08. The van der Waals surface area contributed by atoms with Gasteiger partial charge in [-0.3, -0.25) is 9.59 Å². The lowest BCUT2D eigenvalue weighted by atomic mass is 10.1. The highest BCUT2D eigenvalue weighted by atomic mass is 16.3. The Morgan fingerprint density at radius 3 is 2.56 bits per heavy atom. The lowest BCUT2D eigenvalue weighted by molar-refractivity contribution is 0.0947. The monoisotopic (exact) mass is 336 g/mol. The molecule has 2 N–H and O–H groups in total. The molecule has 3 rings (SSSR count). The number of fused-ring (bicyclic) bond motifs is 1. The summed E-state index contributed by atoms with van der Waals surface area (Å²) in [4.78, 5) is 24.5. The average molecular weight is 336 g/mol. The zero-order valence-electron chi connectivity index (χ0n) is 14.2. The van der Waals surface area contributed by atoms with Crippen molar-refractivity contribution in [2.45, 2.75) is 13.8 Å².